The Labute approximate surface area is 138 Å². The van der Waals surface area contributed by atoms with E-state index in [0.717, 1.165) is 44.2 Å². The lowest BCUT2D eigenvalue weighted by Crippen LogP contribution is -2.34. The first-order valence-electron chi connectivity index (χ1n) is 7.27. The molecule has 1 aliphatic rings. The molecule has 1 fully saturated rings. The molecule has 0 spiro atoms. The summed E-state index contributed by atoms with van der Waals surface area (Å²) < 4.78 is 53.5. The van der Waals surface area contributed by atoms with Crippen molar-refractivity contribution in [1.29, 1.82) is 0 Å². The number of nitrogens with two attached hydrogens (primary N) is 1. The minimum absolute atomic E-state index is 0. The highest BCUT2D eigenvalue weighted by molar-refractivity contribution is 5.85. The molecule has 1 aromatic carbocycles. The second-order valence-electron chi connectivity index (χ2n) is 5.65. The summed E-state index contributed by atoms with van der Waals surface area (Å²) in [7, 11) is 0. The number of alkyl halides is 3. The first-order valence-corrected chi connectivity index (χ1v) is 7.27. The van der Waals surface area contributed by atoms with Crippen LogP contribution in [0.5, 0.6) is 5.75 Å². The largest absolute Gasteiger partial charge is 0.573 e. The Morgan fingerprint density at radius 3 is 2.30 bits per heavy atom. The number of halogens is 5. The molecule has 3 N–H and O–H groups in total. The van der Waals surface area contributed by atoms with E-state index in [1.165, 1.54) is 6.07 Å². The Hall–Kier alpha value is -1.05. The Bertz CT molecular complexity index is 507. The Morgan fingerprint density at radius 2 is 1.78 bits per heavy atom. The smallest absolute Gasteiger partial charge is 0.403 e. The molecule has 0 aliphatic heterocycles. The monoisotopic (exact) mass is 357 g/mol. The van der Waals surface area contributed by atoms with Crippen LogP contribution >= 0.6 is 12.4 Å². The number of hydrogen-bond donors (Lipinski definition) is 2. The van der Waals surface area contributed by atoms with Gasteiger partial charge in [0.2, 0.25) is 0 Å². The fourth-order valence-electron chi connectivity index (χ4n) is 2.90. The third-order valence-corrected chi connectivity index (χ3v) is 4.07. The summed E-state index contributed by atoms with van der Waals surface area (Å²) in [6.07, 6.45) is -0.932. The van der Waals surface area contributed by atoms with Crippen LogP contribution in [0.15, 0.2) is 18.2 Å². The van der Waals surface area contributed by atoms with Crippen molar-refractivity contribution in [2.45, 2.75) is 50.6 Å². The third kappa shape index (κ3) is 5.51. The Morgan fingerprint density at radius 1 is 1.17 bits per heavy atom. The first-order chi connectivity index (χ1) is 10.3. The molecule has 0 unspecified atom stereocenters. The Balaban J connectivity index is 0.00000264. The van der Waals surface area contributed by atoms with E-state index in [0.29, 0.717) is 0 Å². The molecule has 0 amide bonds. The molecule has 0 saturated heterocycles. The summed E-state index contributed by atoms with van der Waals surface area (Å²) in [4.78, 5) is 0. The molecule has 1 aromatic rings. The summed E-state index contributed by atoms with van der Waals surface area (Å²) in [5.74, 6) is -2.02. The molecular formula is C15H20ClF4NO2. The first kappa shape index (κ1) is 20.0. The molecule has 0 bridgehead atoms. The van der Waals surface area contributed by atoms with E-state index in [1.54, 1.807) is 0 Å². The second-order valence-corrected chi connectivity index (χ2v) is 5.65. The van der Waals surface area contributed by atoms with Crippen LogP contribution in [0.4, 0.5) is 17.6 Å². The normalized spacial score (nSPS) is 18.9. The molecule has 0 aromatic heterocycles. The standard InChI is InChI=1S/C15H19F4NO2.ClH/c16-11-8-10(6-7-12(11)22-15(17,18)19)13(20)14(21)9-4-2-1-3-5-9;/h6-9,13-14,21H,1-5,20H2;1H/t13-,14+;/m1./s1. The molecule has 23 heavy (non-hydrogen) atoms. The summed E-state index contributed by atoms with van der Waals surface area (Å²) in [5.41, 5.74) is 6.19. The summed E-state index contributed by atoms with van der Waals surface area (Å²) in [6.45, 7) is 0. The van der Waals surface area contributed by atoms with Crippen molar-refractivity contribution in [1.82, 2.24) is 0 Å². The molecule has 0 heterocycles. The zero-order valence-corrected chi connectivity index (χ0v) is 13.2. The fourth-order valence-corrected chi connectivity index (χ4v) is 2.90. The summed E-state index contributed by atoms with van der Waals surface area (Å²) in [6, 6.07) is 2.18. The van der Waals surface area contributed by atoms with E-state index in [1.807, 2.05) is 0 Å². The van der Waals surface area contributed by atoms with Gasteiger partial charge in [0.25, 0.3) is 0 Å². The van der Waals surface area contributed by atoms with Crippen LogP contribution in [0.3, 0.4) is 0 Å². The number of hydrogen-bond acceptors (Lipinski definition) is 3. The molecule has 3 nitrogen and oxygen atoms in total. The highest BCUT2D eigenvalue weighted by Gasteiger charge is 2.33. The lowest BCUT2D eigenvalue weighted by Gasteiger charge is -2.30. The van der Waals surface area contributed by atoms with Crippen LogP contribution in [0.1, 0.15) is 43.7 Å². The highest BCUT2D eigenvalue weighted by Crippen LogP contribution is 2.33. The van der Waals surface area contributed by atoms with E-state index < -0.39 is 30.1 Å². The van der Waals surface area contributed by atoms with Gasteiger partial charge in [0.1, 0.15) is 0 Å². The van der Waals surface area contributed by atoms with Gasteiger partial charge in [0.15, 0.2) is 11.6 Å². The maximum Gasteiger partial charge on any atom is 0.573 e. The molecule has 2 rings (SSSR count). The molecule has 8 heteroatoms. The quantitative estimate of drug-likeness (QED) is 0.798. The van der Waals surface area contributed by atoms with Crippen LogP contribution in [-0.4, -0.2) is 17.6 Å². The van der Waals surface area contributed by atoms with E-state index >= 15 is 0 Å². The van der Waals surface area contributed by atoms with Gasteiger partial charge in [0, 0.05) is 0 Å². The van der Waals surface area contributed by atoms with E-state index in [9.17, 15) is 22.7 Å². The minimum Gasteiger partial charge on any atom is -0.403 e. The second kappa shape index (κ2) is 8.17. The average molecular weight is 358 g/mol. The van der Waals surface area contributed by atoms with Gasteiger partial charge in [-0.15, -0.1) is 25.6 Å². The van der Waals surface area contributed by atoms with Gasteiger partial charge < -0.3 is 15.6 Å². The predicted molar refractivity (Wildman–Crippen MR) is 79.8 cm³/mol. The summed E-state index contributed by atoms with van der Waals surface area (Å²) in [5, 5.41) is 10.3. The zero-order valence-electron chi connectivity index (χ0n) is 12.4. The van der Waals surface area contributed by atoms with Gasteiger partial charge in [-0.3, -0.25) is 0 Å². The predicted octanol–water partition coefficient (Wildman–Crippen LogP) is 4.09. The average Bonchev–Trinajstić information content (AvgIpc) is 2.47. The van der Waals surface area contributed by atoms with Gasteiger partial charge in [-0.25, -0.2) is 4.39 Å². The number of aliphatic hydroxyl groups is 1. The lowest BCUT2D eigenvalue weighted by molar-refractivity contribution is -0.275. The van der Waals surface area contributed by atoms with Crippen LogP contribution in [0, 0.1) is 11.7 Å². The molecular weight excluding hydrogens is 338 g/mol. The van der Waals surface area contributed by atoms with Crippen molar-refractivity contribution in [3.63, 3.8) is 0 Å². The molecule has 2 atom stereocenters. The number of ether oxygens (including phenoxy) is 1. The highest BCUT2D eigenvalue weighted by atomic mass is 35.5. The van der Waals surface area contributed by atoms with Gasteiger partial charge in [0.05, 0.1) is 12.1 Å². The Kier molecular flexibility index (Phi) is 7.10. The summed E-state index contributed by atoms with van der Waals surface area (Å²) >= 11 is 0. The van der Waals surface area contributed by atoms with Crippen molar-refractivity contribution in [3.8, 4) is 5.75 Å². The molecule has 1 aliphatic carbocycles. The van der Waals surface area contributed by atoms with Crippen LogP contribution < -0.4 is 10.5 Å². The topological polar surface area (TPSA) is 55.5 Å². The van der Waals surface area contributed by atoms with Gasteiger partial charge in [-0.2, -0.15) is 0 Å². The number of benzene rings is 1. The van der Waals surface area contributed by atoms with Crippen molar-refractivity contribution in [2.75, 3.05) is 0 Å². The maximum atomic E-state index is 13.7. The van der Waals surface area contributed by atoms with Crippen LogP contribution in [0.2, 0.25) is 0 Å². The van der Waals surface area contributed by atoms with Crippen LogP contribution in [0.25, 0.3) is 0 Å². The van der Waals surface area contributed by atoms with Gasteiger partial charge in [-0.1, -0.05) is 25.3 Å². The minimum atomic E-state index is -4.95. The maximum absolute atomic E-state index is 13.7. The number of rotatable bonds is 4. The number of aliphatic hydroxyl groups excluding tert-OH is 1. The van der Waals surface area contributed by atoms with Crippen molar-refractivity contribution >= 4 is 12.4 Å². The molecule has 1 saturated carbocycles. The third-order valence-electron chi connectivity index (χ3n) is 4.07. The fraction of sp³-hybridized carbons (Fsp3) is 0.600. The SMILES string of the molecule is Cl.N[C@H](c1ccc(OC(F)(F)F)c(F)c1)[C@@H](O)C1CCCCC1. The van der Waals surface area contributed by atoms with E-state index in [-0.39, 0.29) is 23.9 Å². The van der Waals surface area contributed by atoms with E-state index in [4.69, 9.17) is 5.73 Å². The van der Waals surface area contributed by atoms with Crippen molar-refractivity contribution in [3.05, 3.63) is 29.6 Å². The van der Waals surface area contributed by atoms with Crippen molar-refractivity contribution < 1.29 is 27.4 Å². The van der Waals surface area contributed by atoms with E-state index in [2.05, 4.69) is 4.74 Å². The van der Waals surface area contributed by atoms with Crippen molar-refractivity contribution in [2.24, 2.45) is 11.7 Å². The van der Waals surface area contributed by atoms with Crippen LogP contribution in [-0.2, 0) is 0 Å². The zero-order chi connectivity index (χ0) is 16.3. The lowest BCUT2D eigenvalue weighted by atomic mass is 9.81. The van der Waals surface area contributed by atoms with Gasteiger partial charge >= 0.3 is 6.36 Å². The van der Waals surface area contributed by atoms with Gasteiger partial charge in [-0.05, 0) is 36.5 Å². The molecule has 0 radical (unpaired) electrons. The molecule has 132 valence electrons.